The molecule has 0 atom stereocenters. The Balaban J connectivity index is 1.59. The van der Waals surface area contributed by atoms with Gasteiger partial charge in [-0.05, 0) is 73.2 Å². The van der Waals surface area contributed by atoms with Crippen molar-refractivity contribution in [3.63, 3.8) is 0 Å². The number of hydrazone groups is 1. The molecule has 0 spiro atoms. The van der Waals surface area contributed by atoms with Crippen LogP contribution < -0.4 is 20.8 Å². The molecule has 3 rings (SSSR count). The molecule has 0 fully saturated rings. The Kier molecular flexibility index (Phi) is 8.15. The highest BCUT2D eigenvalue weighted by molar-refractivity contribution is 6.40. The van der Waals surface area contributed by atoms with E-state index in [2.05, 4.69) is 21.2 Å². The molecule has 0 radical (unpaired) electrons. The molecule has 0 aromatic heterocycles. The van der Waals surface area contributed by atoms with E-state index in [0.29, 0.717) is 22.9 Å². The first-order chi connectivity index (χ1) is 16.0. The van der Waals surface area contributed by atoms with Crippen molar-refractivity contribution in [1.82, 2.24) is 5.43 Å². The zero-order valence-electron chi connectivity index (χ0n) is 17.7. The van der Waals surface area contributed by atoms with Crippen molar-refractivity contribution in [2.24, 2.45) is 5.10 Å². The van der Waals surface area contributed by atoms with Gasteiger partial charge in [0.15, 0.2) is 0 Å². The van der Waals surface area contributed by atoms with E-state index in [1.54, 1.807) is 60.7 Å². The van der Waals surface area contributed by atoms with Crippen molar-refractivity contribution >= 4 is 46.9 Å². The van der Waals surface area contributed by atoms with Crippen molar-refractivity contribution in [2.45, 2.75) is 6.92 Å². The number of anilines is 2. The fourth-order valence-electron chi connectivity index (χ4n) is 2.73. The maximum absolute atomic E-state index is 12.6. The van der Waals surface area contributed by atoms with Gasteiger partial charge >= 0.3 is 11.8 Å². The smallest absolute Gasteiger partial charge is 0.329 e. The first-order valence-corrected chi connectivity index (χ1v) is 10.4. The monoisotopic (exact) mass is 464 g/mol. The van der Waals surface area contributed by atoms with Gasteiger partial charge in [-0.1, -0.05) is 23.7 Å². The van der Waals surface area contributed by atoms with E-state index in [-0.39, 0.29) is 11.3 Å². The van der Waals surface area contributed by atoms with E-state index >= 15 is 0 Å². The topological polar surface area (TPSA) is 109 Å². The molecule has 0 unspecified atom stereocenters. The van der Waals surface area contributed by atoms with Gasteiger partial charge in [0.1, 0.15) is 5.75 Å². The van der Waals surface area contributed by atoms with Crippen LogP contribution in [0.15, 0.2) is 77.9 Å². The molecule has 168 valence electrons. The second kappa shape index (κ2) is 11.4. The molecule has 0 aliphatic heterocycles. The summed E-state index contributed by atoms with van der Waals surface area (Å²) in [5.41, 5.74) is 3.77. The van der Waals surface area contributed by atoms with Crippen LogP contribution >= 0.6 is 11.6 Å². The molecule has 3 aromatic carbocycles. The van der Waals surface area contributed by atoms with Crippen LogP contribution in [0.4, 0.5) is 11.4 Å². The number of hydrogen-bond donors (Lipinski definition) is 3. The third-order valence-electron chi connectivity index (χ3n) is 4.30. The van der Waals surface area contributed by atoms with Gasteiger partial charge in [-0.2, -0.15) is 5.10 Å². The summed E-state index contributed by atoms with van der Waals surface area (Å²) < 4.78 is 5.35. The normalized spacial score (nSPS) is 10.5. The Morgan fingerprint density at radius 3 is 2.30 bits per heavy atom. The first kappa shape index (κ1) is 23.5. The second-order valence-electron chi connectivity index (χ2n) is 6.66. The minimum atomic E-state index is -0.981. The van der Waals surface area contributed by atoms with Crippen LogP contribution in [0.1, 0.15) is 22.8 Å². The number of benzene rings is 3. The quantitative estimate of drug-likeness (QED) is 0.278. The van der Waals surface area contributed by atoms with E-state index in [4.69, 9.17) is 16.3 Å². The average Bonchev–Trinajstić information content (AvgIpc) is 2.82. The van der Waals surface area contributed by atoms with Gasteiger partial charge in [0.25, 0.3) is 5.91 Å². The summed E-state index contributed by atoms with van der Waals surface area (Å²) in [6.07, 6.45) is 1.40. The Labute approximate surface area is 195 Å². The number of rotatable bonds is 7. The summed E-state index contributed by atoms with van der Waals surface area (Å²) in [6.45, 7) is 2.45. The van der Waals surface area contributed by atoms with Crippen LogP contribution in [0.3, 0.4) is 0 Å². The van der Waals surface area contributed by atoms with Gasteiger partial charge in [-0.15, -0.1) is 0 Å². The zero-order valence-corrected chi connectivity index (χ0v) is 18.4. The van der Waals surface area contributed by atoms with Gasteiger partial charge in [0.2, 0.25) is 0 Å². The van der Waals surface area contributed by atoms with Crippen LogP contribution in [0, 0.1) is 0 Å². The third-order valence-corrected chi connectivity index (χ3v) is 4.55. The summed E-state index contributed by atoms with van der Waals surface area (Å²) in [7, 11) is 0. The number of halogens is 1. The largest absolute Gasteiger partial charge is 0.494 e. The Bertz CT molecular complexity index is 1160. The molecule has 3 amide bonds. The van der Waals surface area contributed by atoms with E-state index in [1.165, 1.54) is 18.3 Å². The van der Waals surface area contributed by atoms with E-state index < -0.39 is 17.7 Å². The third kappa shape index (κ3) is 6.91. The molecule has 3 aromatic rings. The summed E-state index contributed by atoms with van der Waals surface area (Å²) in [5, 5.41) is 9.47. The predicted molar refractivity (Wildman–Crippen MR) is 128 cm³/mol. The van der Waals surface area contributed by atoms with E-state index in [0.717, 1.165) is 5.75 Å². The van der Waals surface area contributed by atoms with Gasteiger partial charge < -0.3 is 15.4 Å². The lowest BCUT2D eigenvalue weighted by Gasteiger charge is -2.11. The summed E-state index contributed by atoms with van der Waals surface area (Å²) >= 11 is 5.85. The molecular formula is C24H21ClN4O4. The number of nitrogens with one attached hydrogen (secondary N) is 3. The molecule has 0 bridgehead atoms. The molecule has 0 saturated carbocycles. The highest BCUT2D eigenvalue weighted by Crippen LogP contribution is 2.19. The van der Waals surface area contributed by atoms with Crippen LogP contribution in [-0.2, 0) is 9.59 Å². The predicted octanol–water partition coefficient (Wildman–Crippen LogP) is 4.08. The number of carbonyl (C=O) groups is 3. The number of amides is 3. The molecule has 0 aliphatic carbocycles. The van der Waals surface area contributed by atoms with Gasteiger partial charge in [0.05, 0.1) is 24.1 Å². The highest BCUT2D eigenvalue weighted by atomic mass is 35.5. The molecule has 33 heavy (non-hydrogen) atoms. The van der Waals surface area contributed by atoms with Gasteiger partial charge in [-0.25, -0.2) is 5.43 Å². The lowest BCUT2D eigenvalue weighted by Crippen LogP contribution is -2.33. The lowest BCUT2D eigenvalue weighted by molar-refractivity contribution is -0.136. The van der Waals surface area contributed by atoms with Crippen LogP contribution in [0.5, 0.6) is 5.75 Å². The fraction of sp³-hybridized carbons (Fsp3) is 0.0833. The standard InChI is InChI=1S/C24H21ClN4O4/c1-2-33-19-13-7-16(8-14-19)15-26-29-24(32)23(31)28-21-6-4-3-5-20(21)22(30)27-18-11-9-17(25)10-12-18/h3-15H,2H2,1H3,(H,27,30)(H,28,31)(H,29,32)/b26-15-. The summed E-state index contributed by atoms with van der Waals surface area (Å²) in [6, 6.07) is 20.0. The number of para-hydroxylation sites is 1. The molecule has 0 heterocycles. The van der Waals surface area contributed by atoms with E-state index in [9.17, 15) is 14.4 Å². The summed E-state index contributed by atoms with van der Waals surface area (Å²) in [4.78, 5) is 37.0. The van der Waals surface area contributed by atoms with E-state index in [1.807, 2.05) is 6.92 Å². The maximum atomic E-state index is 12.6. The van der Waals surface area contributed by atoms with Crippen LogP contribution in [0.2, 0.25) is 5.02 Å². The minimum Gasteiger partial charge on any atom is -0.494 e. The van der Waals surface area contributed by atoms with Crippen LogP contribution in [-0.4, -0.2) is 30.5 Å². The van der Waals surface area contributed by atoms with Crippen molar-refractivity contribution in [1.29, 1.82) is 0 Å². The summed E-state index contributed by atoms with van der Waals surface area (Å²) in [5.74, 6) is -1.69. The fourth-order valence-corrected chi connectivity index (χ4v) is 2.86. The average molecular weight is 465 g/mol. The van der Waals surface area contributed by atoms with Gasteiger partial charge in [0, 0.05) is 10.7 Å². The zero-order chi connectivity index (χ0) is 23.6. The first-order valence-electron chi connectivity index (χ1n) is 9.99. The number of nitrogens with zero attached hydrogens (tertiary/aromatic N) is 1. The Morgan fingerprint density at radius 2 is 1.61 bits per heavy atom. The van der Waals surface area contributed by atoms with Crippen molar-refractivity contribution in [3.8, 4) is 5.75 Å². The Hall–Kier alpha value is -4.17. The number of ether oxygens (including phenoxy) is 1. The van der Waals surface area contributed by atoms with Crippen LogP contribution in [0.25, 0.3) is 0 Å². The molecule has 3 N–H and O–H groups in total. The van der Waals surface area contributed by atoms with Crippen molar-refractivity contribution in [2.75, 3.05) is 17.2 Å². The molecule has 0 saturated heterocycles. The molecule has 9 heteroatoms. The van der Waals surface area contributed by atoms with Gasteiger partial charge in [-0.3, -0.25) is 14.4 Å². The van der Waals surface area contributed by atoms with Crippen molar-refractivity contribution < 1.29 is 19.1 Å². The lowest BCUT2D eigenvalue weighted by atomic mass is 10.1. The number of hydrogen-bond acceptors (Lipinski definition) is 5. The number of carbonyl (C=O) groups excluding carboxylic acids is 3. The SMILES string of the molecule is CCOc1ccc(/C=N\NC(=O)C(=O)Nc2ccccc2C(=O)Nc2ccc(Cl)cc2)cc1. The second-order valence-corrected chi connectivity index (χ2v) is 7.10. The minimum absolute atomic E-state index is 0.180. The molecule has 8 nitrogen and oxygen atoms in total. The highest BCUT2D eigenvalue weighted by Gasteiger charge is 2.17. The molecule has 0 aliphatic rings. The van der Waals surface area contributed by atoms with Crippen molar-refractivity contribution in [3.05, 3.63) is 88.9 Å². The Morgan fingerprint density at radius 1 is 0.909 bits per heavy atom. The molecular weight excluding hydrogens is 444 g/mol. The maximum Gasteiger partial charge on any atom is 0.329 e.